The van der Waals surface area contributed by atoms with Crippen molar-refractivity contribution in [2.24, 2.45) is 0 Å². The van der Waals surface area contributed by atoms with Crippen LogP contribution in [0, 0.1) is 0 Å². The summed E-state index contributed by atoms with van der Waals surface area (Å²) in [6.07, 6.45) is 22.9. The topological polar surface area (TPSA) is 52.6 Å². The molecule has 0 spiro atoms. The van der Waals surface area contributed by atoms with E-state index < -0.39 is 0 Å². The Morgan fingerprint density at radius 2 is 0.895 bits per heavy atom. The average Bonchev–Trinajstić information content (AvgIpc) is 2.92. The summed E-state index contributed by atoms with van der Waals surface area (Å²) in [5.41, 5.74) is 0.860. The molecule has 0 aliphatic rings. The van der Waals surface area contributed by atoms with E-state index in [0.717, 1.165) is 51.4 Å². The Morgan fingerprint density at radius 3 is 1.26 bits per heavy atom. The van der Waals surface area contributed by atoms with Gasteiger partial charge in [-0.05, 0) is 56.7 Å². The highest BCUT2D eigenvalue weighted by Gasteiger charge is 2.19. The van der Waals surface area contributed by atoms with Crippen molar-refractivity contribution in [2.45, 2.75) is 168 Å². The number of ether oxygens (including phenoxy) is 2. The molecule has 0 aliphatic heterocycles. The fraction of sp³-hybridized carbons (Fsp3) is 0.765. The zero-order valence-electron chi connectivity index (χ0n) is 25.2. The molecule has 0 bridgehead atoms. The normalized spacial score (nSPS) is 12.7. The van der Waals surface area contributed by atoms with Gasteiger partial charge in [0.2, 0.25) is 0 Å². The number of esters is 2. The van der Waals surface area contributed by atoms with E-state index in [-0.39, 0.29) is 24.1 Å². The van der Waals surface area contributed by atoms with E-state index in [0.29, 0.717) is 11.1 Å². The van der Waals surface area contributed by atoms with Gasteiger partial charge >= 0.3 is 11.9 Å². The van der Waals surface area contributed by atoms with E-state index in [1.165, 1.54) is 77.0 Å². The van der Waals surface area contributed by atoms with Crippen molar-refractivity contribution in [3.63, 3.8) is 0 Å². The molecule has 0 N–H and O–H groups in total. The molecule has 1 aromatic rings. The number of unbranched alkanes of at least 4 members (excludes halogenated alkanes) is 12. The van der Waals surface area contributed by atoms with Crippen LogP contribution in [0.2, 0.25) is 0 Å². The van der Waals surface area contributed by atoms with Gasteiger partial charge in [-0.1, -0.05) is 124 Å². The van der Waals surface area contributed by atoms with Crippen LogP contribution in [-0.2, 0) is 9.47 Å². The molecule has 0 fully saturated rings. The maximum absolute atomic E-state index is 12.9. The number of hydrogen-bond donors (Lipinski definition) is 0. The van der Waals surface area contributed by atoms with Crippen LogP contribution in [0.25, 0.3) is 0 Å². The predicted octanol–water partition coefficient (Wildman–Crippen LogP) is 10.6. The van der Waals surface area contributed by atoms with Crippen LogP contribution >= 0.6 is 0 Å². The van der Waals surface area contributed by atoms with E-state index >= 15 is 0 Å². The number of carbonyl (C=O) groups is 2. The molecule has 1 aromatic carbocycles. The Labute approximate surface area is 234 Å². The quantitative estimate of drug-likeness (QED) is 0.0985. The molecule has 0 saturated carbocycles. The van der Waals surface area contributed by atoms with Gasteiger partial charge in [0.05, 0.1) is 11.1 Å². The minimum Gasteiger partial charge on any atom is -0.459 e. The minimum atomic E-state index is -0.339. The van der Waals surface area contributed by atoms with E-state index in [9.17, 15) is 9.59 Å². The van der Waals surface area contributed by atoms with Gasteiger partial charge in [-0.3, -0.25) is 0 Å². The summed E-state index contributed by atoms with van der Waals surface area (Å²) in [7, 11) is 0. The smallest absolute Gasteiger partial charge is 0.338 e. The van der Waals surface area contributed by atoms with Crippen LogP contribution in [-0.4, -0.2) is 24.1 Å². The standard InChI is InChI=1S/C34H58O4/c1-5-9-11-13-15-17-19-26-31(22-7-3)37-33(35)29-24-21-25-30(28-29)34(36)38-32(23-8-4)27-20-18-16-14-12-10-6-2/h21,24-25,28,31-32H,5-20,22-23,26-27H2,1-4H3. The fourth-order valence-corrected chi connectivity index (χ4v) is 5.04. The Bertz CT molecular complexity index is 672. The molecule has 0 radical (unpaired) electrons. The van der Waals surface area contributed by atoms with Gasteiger partial charge < -0.3 is 9.47 Å². The summed E-state index contributed by atoms with van der Waals surface area (Å²) in [6, 6.07) is 6.86. The molecule has 4 nitrogen and oxygen atoms in total. The van der Waals surface area contributed by atoms with Crippen LogP contribution in [0.1, 0.15) is 177 Å². The van der Waals surface area contributed by atoms with Crippen LogP contribution in [0.4, 0.5) is 0 Å². The molecule has 38 heavy (non-hydrogen) atoms. The third-order valence-electron chi connectivity index (χ3n) is 7.36. The second-order valence-corrected chi connectivity index (χ2v) is 11.0. The van der Waals surface area contributed by atoms with Crippen LogP contribution < -0.4 is 0 Å². The lowest BCUT2D eigenvalue weighted by Crippen LogP contribution is -2.20. The number of hydrogen-bond acceptors (Lipinski definition) is 4. The highest BCUT2D eigenvalue weighted by atomic mass is 16.5. The van der Waals surface area contributed by atoms with Crippen LogP contribution in [0.5, 0.6) is 0 Å². The monoisotopic (exact) mass is 530 g/mol. The number of benzene rings is 1. The summed E-state index contributed by atoms with van der Waals surface area (Å²) in [4.78, 5) is 25.9. The molecule has 2 atom stereocenters. The largest absolute Gasteiger partial charge is 0.459 e. The minimum absolute atomic E-state index is 0.0605. The second kappa shape index (κ2) is 23.1. The third kappa shape index (κ3) is 16.2. The lowest BCUT2D eigenvalue weighted by atomic mass is 10.0. The van der Waals surface area contributed by atoms with Crippen LogP contribution in [0.3, 0.4) is 0 Å². The molecule has 4 heteroatoms. The Balaban J connectivity index is 2.56. The number of rotatable bonds is 24. The maximum atomic E-state index is 12.9. The van der Waals surface area contributed by atoms with Crippen molar-refractivity contribution >= 4 is 11.9 Å². The van der Waals surface area contributed by atoms with E-state index in [1.54, 1.807) is 24.3 Å². The summed E-state index contributed by atoms with van der Waals surface area (Å²) >= 11 is 0. The molecular formula is C34H58O4. The summed E-state index contributed by atoms with van der Waals surface area (Å²) in [5, 5.41) is 0. The molecule has 2 unspecified atom stereocenters. The zero-order chi connectivity index (χ0) is 27.8. The average molecular weight is 531 g/mol. The molecule has 1 rings (SSSR count). The Morgan fingerprint density at radius 1 is 0.526 bits per heavy atom. The fourth-order valence-electron chi connectivity index (χ4n) is 5.04. The van der Waals surface area contributed by atoms with Gasteiger partial charge in [-0.15, -0.1) is 0 Å². The van der Waals surface area contributed by atoms with Crippen molar-refractivity contribution in [3.8, 4) is 0 Å². The first-order valence-electron chi connectivity index (χ1n) is 16.1. The van der Waals surface area contributed by atoms with Crippen molar-refractivity contribution in [1.29, 1.82) is 0 Å². The zero-order valence-corrected chi connectivity index (χ0v) is 25.2. The van der Waals surface area contributed by atoms with Gasteiger partial charge in [-0.2, -0.15) is 0 Å². The van der Waals surface area contributed by atoms with Crippen molar-refractivity contribution < 1.29 is 19.1 Å². The van der Waals surface area contributed by atoms with Gasteiger partial charge in [-0.25, -0.2) is 9.59 Å². The highest BCUT2D eigenvalue weighted by molar-refractivity contribution is 5.95. The molecule has 0 amide bonds. The highest BCUT2D eigenvalue weighted by Crippen LogP contribution is 2.19. The van der Waals surface area contributed by atoms with Gasteiger partial charge in [0, 0.05) is 0 Å². The first-order chi connectivity index (χ1) is 18.5. The van der Waals surface area contributed by atoms with E-state index in [4.69, 9.17) is 9.47 Å². The van der Waals surface area contributed by atoms with Crippen LogP contribution in [0.15, 0.2) is 24.3 Å². The SMILES string of the molecule is CCCCCCCCCC(CCC)OC(=O)c1cccc(C(=O)OC(CCC)CCCCCCCCC)c1. The number of carbonyl (C=O) groups excluding carboxylic acids is 2. The van der Waals surface area contributed by atoms with Crippen molar-refractivity contribution in [3.05, 3.63) is 35.4 Å². The molecule has 0 aromatic heterocycles. The van der Waals surface area contributed by atoms with E-state index in [2.05, 4.69) is 27.7 Å². The summed E-state index contributed by atoms with van der Waals surface area (Å²) < 4.78 is 11.8. The van der Waals surface area contributed by atoms with E-state index in [1.807, 2.05) is 0 Å². The Hall–Kier alpha value is -1.84. The summed E-state index contributed by atoms with van der Waals surface area (Å²) in [5.74, 6) is -0.677. The lowest BCUT2D eigenvalue weighted by molar-refractivity contribution is 0.0252. The van der Waals surface area contributed by atoms with Gasteiger partial charge in [0.25, 0.3) is 0 Å². The summed E-state index contributed by atoms with van der Waals surface area (Å²) in [6.45, 7) is 8.73. The first kappa shape index (κ1) is 34.2. The van der Waals surface area contributed by atoms with Crippen molar-refractivity contribution in [2.75, 3.05) is 0 Å². The second-order valence-electron chi connectivity index (χ2n) is 11.0. The van der Waals surface area contributed by atoms with Crippen molar-refractivity contribution in [1.82, 2.24) is 0 Å². The molecule has 0 aliphatic carbocycles. The van der Waals surface area contributed by atoms with Gasteiger partial charge in [0.1, 0.15) is 12.2 Å². The third-order valence-corrected chi connectivity index (χ3v) is 7.36. The molecule has 0 heterocycles. The molecule has 218 valence electrons. The lowest BCUT2D eigenvalue weighted by Gasteiger charge is -2.19. The van der Waals surface area contributed by atoms with Gasteiger partial charge in [0.15, 0.2) is 0 Å². The maximum Gasteiger partial charge on any atom is 0.338 e. The molecule has 0 saturated heterocycles. The Kier molecular flexibility index (Phi) is 20.8. The first-order valence-corrected chi connectivity index (χ1v) is 16.1. The predicted molar refractivity (Wildman–Crippen MR) is 160 cm³/mol. The molecular weight excluding hydrogens is 472 g/mol.